The van der Waals surface area contributed by atoms with E-state index in [0.29, 0.717) is 11.3 Å². The summed E-state index contributed by atoms with van der Waals surface area (Å²) in [4.78, 5) is 17.9. The van der Waals surface area contributed by atoms with Crippen molar-refractivity contribution < 1.29 is 14.3 Å². The van der Waals surface area contributed by atoms with E-state index in [1.807, 2.05) is 45.9 Å². The van der Waals surface area contributed by atoms with E-state index in [-0.39, 0.29) is 17.6 Å². The van der Waals surface area contributed by atoms with Crippen molar-refractivity contribution in [3.8, 4) is 11.5 Å². The van der Waals surface area contributed by atoms with Gasteiger partial charge >= 0.3 is 0 Å². The first-order valence-corrected chi connectivity index (χ1v) is 9.53. The van der Waals surface area contributed by atoms with Gasteiger partial charge in [0.1, 0.15) is 22.0 Å². The molecule has 1 aliphatic rings. The number of hydrogen-bond acceptors (Lipinski definition) is 6. The zero-order chi connectivity index (χ0) is 18.9. The summed E-state index contributed by atoms with van der Waals surface area (Å²) in [6.45, 7) is 8.69. The standard InChI is InChI=1S/C19H25N3O3S/c1-6-20-18-21-11(2)16(26-18)17(23)22-14-10-19(3,4)25-15-8-7-12(24-5)9-13(14)15/h7-9,14H,6,10H2,1-5H3,(H,20,21)(H,22,23)/t14-/m1/s1. The van der Waals surface area contributed by atoms with Crippen LogP contribution in [-0.4, -0.2) is 30.1 Å². The Morgan fingerprint density at radius 1 is 1.46 bits per heavy atom. The van der Waals surface area contributed by atoms with Gasteiger partial charge in [0.15, 0.2) is 5.13 Å². The Kier molecular flexibility index (Phi) is 5.09. The summed E-state index contributed by atoms with van der Waals surface area (Å²) in [7, 11) is 1.63. The van der Waals surface area contributed by atoms with Gasteiger partial charge in [-0.25, -0.2) is 4.98 Å². The van der Waals surface area contributed by atoms with Gasteiger partial charge in [-0.1, -0.05) is 11.3 Å². The molecular formula is C19H25N3O3S. The smallest absolute Gasteiger partial charge is 0.263 e. The number of methoxy groups -OCH3 is 1. The fourth-order valence-electron chi connectivity index (χ4n) is 3.15. The molecule has 1 aromatic carbocycles. The Morgan fingerprint density at radius 3 is 2.92 bits per heavy atom. The van der Waals surface area contributed by atoms with E-state index in [1.165, 1.54) is 11.3 Å². The molecule has 2 aromatic rings. The lowest BCUT2D eigenvalue weighted by Gasteiger charge is -2.38. The van der Waals surface area contributed by atoms with Gasteiger partial charge < -0.3 is 20.1 Å². The highest BCUT2D eigenvalue weighted by atomic mass is 32.1. The third kappa shape index (κ3) is 3.77. The summed E-state index contributed by atoms with van der Waals surface area (Å²) in [6, 6.07) is 5.55. The highest BCUT2D eigenvalue weighted by Gasteiger charge is 2.35. The summed E-state index contributed by atoms with van der Waals surface area (Å²) in [6.07, 6.45) is 0.677. The number of fused-ring (bicyclic) bond motifs is 1. The molecule has 0 aliphatic carbocycles. The van der Waals surface area contributed by atoms with Crippen LogP contribution in [0.5, 0.6) is 11.5 Å². The maximum Gasteiger partial charge on any atom is 0.263 e. The average molecular weight is 375 g/mol. The van der Waals surface area contributed by atoms with Crippen LogP contribution in [0.1, 0.15) is 54.2 Å². The minimum absolute atomic E-state index is 0.111. The van der Waals surface area contributed by atoms with Crippen molar-refractivity contribution in [3.63, 3.8) is 0 Å². The summed E-state index contributed by atoms with van der Waals surface area (Å²) in [5.74, 6) is 1.41. The zero-order valence-corrected chi connectivity index (χ0v) is 16.6. The van der Waals surface area contributed by atoms with Crippen LogP contribution in [0, 0.1) is 6.92 Å². The second-order valence-corrected chi connectivity index (χ2v) is 7.96. The first-order chi connectivity index (χ1) is 12.3. The summed E-state index contributed by atoms with van der Waals surface area (Å²) in [5.41, 5.74) is 1.31. The van der Waals surface area contributed by atoms with Gasteiger partial charge in [0, 0.05) is 18.5 Å². The van der Waals surface area contributed by atoms with Gasteiger partial charge in [-0.05, 0) is 45.9 Å². The van der Waals surface area contributed by atoms with Crippen LogP contribution in [0.4, 0.5) is 5.13 Å². The number of anilines is 1. The summed E-state index contributed by atoms with van der Waals surface area (Å²) < 4.78 is 11.4. The molecule has 0 unspecified atom stereocenters. The number of rotatable bonds is 5. The third-order valence-corrected chi connectivity index (χ3v) is 5.42. The molecule has 3 rings (SSSR count). The first kappa shape index (κ1) is 18.5. The highest BCUT2D eigenvalue weighted by molar-refractivity contribution is 7.17. The van der Waals surface area contributed by atoms with Crippen molar-refractivity contribution in [2.45, 2.75) is 45.8 Å². The Morgan fingerprint density at radius 2 is 2.23 bits per heavy atom. The molecule has 0 saturated carbocycles. The van der Waals surface area contributed by atoms with Crippen LogP contribution in [0.3, 0.4) is 0 Å². The largest absolute Gasteiger partial charge is 0.497 e. The number of thiazole rings is 1. The SMILES string of the molecule is CCNc1nc(C)c(C(=O)N[C@@H]2CC(C)(C)Oc3ccc(OC)cc32)s1. The number of nitrogens with one attached hydrogen (secondary N) is 2. The van der Waals surface area contributed by atoms with Gasteiger partial charge in [-0.2, -0.15) is 0 Å². The maximum absolute atomic E-state index is 12.9. The lowest BCUT2D eigenvalue weighted by Crippen LogP contribution is -2.41. The van der Waals surface area contributed by atoms with Crippen molar-refractivity contribution in [3.05, 3.63) is 34.3 Å². The van der Waals surface area contributed by atoms with Gasteiger partial charge in [0.25, 0.3) is 5.91 Å². The molecule has 0 spiro atoms. The molecule has 1 amide bonds. The molecule has 0 radical (unpaired) electrons. The number of aryl methyl sites for hydroxylation is 1. The van der Waals surface area contributed by atoms with E-state index in [0.717, 1.165) is 34.4 Å². The number of nitrogens with zero attached hydrogens (tertiary/aromatic N) is 1. The fourth-order valence-corrected chi connectivity index (χ4v) is 4.08. The van der Waals surface area contributed by atoms with Crippen molar-refractivity contribution in [2.75, 3.05) is 19.0 Å². The van der Waals surface area contributed by atoms with Gasteiger partial charge in [-0.15, -0.1) is 0 Å². The molecule has 0 saturated heterocycles. The minimum atomic E-state index is -0.364. The number of ether oxygens (including phenoxy) is 2. The Balaban J connectivity index is 1.88. The van der Waals surface area contributed by atoms with E-state index in [2.05, 4.69) is 15.6 Å². The monoisotopic (exact) mass is 375 g/mol. The molecular weight excluding hydrogens is 350 g/mol. The van der Waals surface area contributed by atoms with Crippen molar-refractivity contribution in [1.29, 1.82) is 0 Å². The number of benzene rings is 1. The van der Waals surface area contributed by atoms with Crippen molar-refractivity contribution >= 4 is 22.4 Å². The number of carbonyl (C=O) groups is 1. The van der Waals surface area contributed by atoms with Crippen LogP contribution in [-0.2, 0) is 0 Å². The van der Waals surface area contributed by atoms with Crippen molar-refractivity contribution in [2.24, 2.45) is 0 Å². The molecule has 0 bridgehead atoms. The van der Waals surface area contributed by atoms with Crippen LogP contribution >= 0.6 is 11.3 Å². The Bertz CT molecular complexity index is 816. The lowest BCUT2D eigenvalue weighted by molar-refractivity contribution is 0.0619. The number of hydrogen-bond donors (Lipinski definition) is 2. The number of amides is 1. The molecule has 2 N–H and O–H groups in total. The van der Waals surface area contributed by atoms with Crippen LogP contribution in [0.2, 0.25) is 0 Å². The van der Waals surface area contributed by atoms with Gasteiger partial charge in [-0.3, -0.25) is 4.79 Å². The molecule has 140 valence electrons. The Hall–Kier alpha value is -2.28. The summed E-state index contributed by atoms with van der Waals surface area (Å²) >= 11 is 1.38. The molecule has 1 aromatic heterocycles. The normalized spacial score (nSPS) is 17.8. The number of aromatic nitrogens is 1. The fraction of sp³-hybridized carbons (Fsp3) is 0.474. The maximum atomic E-state index is 12.9. The van der Waals surface area contributed by atoms with Crippen molar-refractivity contribution in [1.82, 2.24) is 10.3 Å². The molecule has 6 nitrogen and oxygen atoms in total. The van der Waals surface area contributed by atoms with Crippen LogP contribution in [0.15, 0.2) is 18.2 Å². The van der Waals surface area contributed by atoms with Crippen LogP contribution < -0.4 is 20.1 Å². The van der Waals surface area contributed by atoms with Crippen LogP contribution in [0.25, 0.3) is 0 Å². The molecule has 2 heterocycles. The van der Waals surface area contributed by atoms with E-state index >= 15 is 0 Å². The lowest BCUT2D eigenvalue weighted by atomic mass is 9.89. The first-order valence-electron chi connectivity index (χ1n) is 8.72. The molecule has 7 heteroatoms. The second kappa shape index (κ2) is 7.15. The molecule has 26 heavy (non-hydrogen) atoms. The second-order valence-electron chi connectivity index (χ2n) is 6.96. The predicted molar refractivity (Wildman–Crippen MR) is 104 cm³/mol. The zero-order valence-electron chi connectivity index (χ0n) is 15.8. The molecule has 1 aliphatic heterocycles. The highest BCUT2D eigenvalue weighted by Crippen LogP contribution is 2.41. The average Bonchev–Trinajstić information content (AvgIpc) is 2.94. The quantitative estimate of drug-likeness (QED) is 0.829. The summed E-state index contributed by atoms with van der Waals surface area (Å²) in [5, 5.41) is 7.09. The van der Waals surface area contributed by atoms with E-state index < -0.39 is 0 Å². The van der Waals surface area contributed by atoms with E-state index in [9.17, 15) is 4.79 Å². The van der Waals surface area contributed by atoms with E-state index in [1.54, 1.807) is 7.11 Å². The molecule has 1 atom stereocenters. The number of carbonyl (C=O) groups excluding carboxylic acids is 1. The third-order valence-electron chi connectivity index (χ3n) is 4.31. The molecule has 0 fully saturated rings. The van der Waals surface area contributed by atoms with Gasteiger partial charge in [0.2, 0.25) is 0 Å². The topological polar surface area (TPSA) is 72.5 Å². The predicted octanol–water partition coefficient (Wildman–Crippen LogP) is 3.92. The van der Waals surface area contributed by atoms with Gasteiger partial charge in [0.05, 0.1) is 18.8 Å². The van der Waals surface area contributed by atoms with E-state index in [4.69, 9.17) is 9.47 Å². The minimum Gasteiger partial charge on any atom is -0.497 e. The Labute approximate surface area is 157 Å².